The molecule has 7 heteroatoms. The number of nitrogen functional groups attached to an aromatic ring is 1. The highest BCUT2D eigenvalue weighted by Gasteiger charge is 2.10. The van der Waals surface area contributed by atoms with Gasteiger partial charge >= 0.3 is 5.97 Å². The fourth-order valence-corrected chi connectivity index (χ4v) is 2.17. The molecule has 20 heavy (non-hydrogen) atoms. The Labute approximate surface area is 118 Å². The summed E-state index contributed by atoms with van der Waals surface area (Å²) in [5, 5.41) is 0. The second-order valence-electron chi connectivity index (χ2n) is 4.30. The largest absolute Gasteiger partial charge is 0.492 e. The zero-order valence-electron chi connectivity index (χ0n) is 11.6. The van der Waals surface area contributed by atoms with Gasteiger partial charge in [0.05, 0.1) is 30.2 Å². The second-order valence-corrected chi connectivity index (χ2v) is 6.56. The lowest BCUT2D eigenvalue weighted by Crippen LogP contribution is -2.11. The van der Waals surface area contributed by atoms with Gasteiger partial charge in [-0.25, -0.2) is 13.2 Å². The van der Waals surface area contributed by atoms with Crippen LogP contribution in [0.25, 0.3) is 0 Å². The molecule has 1 rings (SSSR count). The highest BCUT2D eigenvalue weighted by atomic mass is 32.2. The van der Waals surface area contributed by atoms with Crippen LogP contribution in [0.3, 0.4) is 0 Å². The summed E-state index contributed by atoms with van der Waals surface area (Å²) in [5.41, 5.74) is 6.41. The van der Waals surface area contributed by atoms with Gasteiger partial charge in [-0.2, -0.15) is 0 Å². The topological polar surface area (TPSA) is 95.7 Å². The summed E-state index contributed by atoms with van der Waals surface area (Å²) in [4.78, 5) is 11.7. The molecular formula is C13H19NO5S. The van der Waals surface area contributed by atoms with Crippen molar-refractivity contribution in [1.29, 1.82) is 0 Å². The molecule has 0 aliphatic carbocycles. The van der Waals surface area contributed by atoms with E-state index in [9.17, 15) is 13.2 Å². The molecule has 0 saturated carbocycles. The highest BCUT2D eigenvalue weighted by Crippen LogP contribution is 2.22. The summed E-state index contributed by atoms with van der Waals surface area (Å²) in [5.74, 6) is -0.0273. The fourth-order valence-electron chi connectivity index (χ4n) is 1.53. The number of carbonyl (C=O) groups excluding carboxylic acids is 1. The highest BCUT2D eigenvalue weighted by molar-refractivity contribution is 7.90. The quantitative estimate of drug-likeness (QED) is 0.463. The van der Waals surface area contributed by atoms with E-state index in [1.54, 1.807) is 12.1 Å². The molecule has 1 aromatic rings. The van der Waals surface area contributed by atoms with Crippen LogP contribution in [0, 0.1) is 0 Å². The number of esters is 1. The van der Waals surface area contributed by atoms with Crippen molar-refractivity contribution in [2.45, 2.75) is 13.3 Å². The van der Waals surface area contributed by atoms with Crippen LogP contribution in [0.2, 0.25) is 0 Å². The van der Waals surface area contributed by atoms with Crippen molar-refractivity contribution in [3.8, 4) is 5.75 Å². The molecule has 1 aromatic carbocycles. The Kier molecular flexibility index (Phi) is 5.82. The molecule has 0 aromatic heterocycles. The van der Waals surface area contributed by atoms with Crippen LogP contribution >= 0.6 is 0 Å². The Bertz CT molecular complexity index is 568. The van der Waals surface area contributed by atoms with E-state index in [2.05, 4.69) is 0 Å². The number of rotatable bonds is 7. The third-order valence-corrected chi connectivity index (χ3v) is 3.47. The summed E-state index contributed by atoms with van der Waals surface area (Å²) in [6.45, 7) is 2.38. The lowest BCUT2D eigenvalue weighted by Gasteiger charge is -2.09. The minimum atomic E-state index is -3.03. The van der Waals surface area contributed by atoms with Gasteiger partial charge in [-0.1, -0.05) is 0 Å². The van der Waals surface area contributed by atoms with E-state index in [4.69, 9.17) is 15.2 Å². The van der Waals surface area contributed by atoms with Crippen molar-refractivity contribution < 1.29 is 22.7 Å². The average Bonchev–Trinajstić information content (AvgIpc) is 2.36. The fraction of sp³-hybridized carbons (Fsp3) is 0.462. The summed E-state index contributed by atoms with van der Waals surface area (Å²) >= 11 is 0. The number of carbonyl (C=O) groups is 1. The Morgan fingerprint density at radius 3 is 2.60 bits per heavy atom. The van der Waals surface area contributed by atoms with E-state index in [1.807, 2.05) is 6.92 Å². The van der Waals surface area contributed by atoms with Gasteiger partial charge in [0.1, 0.15) is 15.6 Å². The first-order valence-electron chi connectivity index (χ1n) is 6.20. The molecule has 6 nitrogen and oxygen atoms in total. The van der Waals surface area contributed by atoms with Crippen LogP contribution < -0.4 is 10.5 Å². The maximum absolute atomic E-state index is 11.7. The number of benzene rings is 1. The number of sulfone groups is 1. The third-order valence-electron chi connectivity index (χ3n) is 2.44. The molecule has 0 aliphatic heterocycles. The van der Waals surface area contributed by atoms with Crippen molar-refractivity contribution in [2.75, 3.05) is 31.0 Å². The minimum absolute atomic E-state index is 0.00824. The predicted molar refractivity (Wildman–Crippen MR) is 76.6 cm³/mol. The van der Waals surface area contributed by atoms with Gasteiger partial charge in [0.2, 0.25) is 0 Å². The summed E-state index contributed by atoms with van der Waals surface area (Å²) in [7, 11) is -3.03. The SMILES string of the molecule is CCOc1ccc(C(=O)OCCCS(C)(=O)=O)cc1N. The van der Waals surface area contributed by atoms with E-state index in [0.717, 1.165) is 6.26 Å². The van der Waals surface area contributed by atoms with Crippen LogP contribution in [-0.2, 0) is 14.6 Å². The molecule has 0 aliphatic rings. The van der Waals surface area contributed by atoms with Gasteiger partial charge in [-0.3, -0.25) is 0 Å². The van der Waals surface area contributed by atoms with Crippen LogP contribution in [0.4, 0.5) is 5.69 Å². The van der Waals surface area contributed by atoms with Gasteiger partial charge in [0.15, 0.2) is 0 Å². The van der Waals surface area contributed by atoms with Gasteiger partial charge in [0, 0.05) is 6.26 Å². The molecule has 0 spiro atoms. The standard InChI is InChI=1S/C13H19NO5S/c1-3-18-12-6-5-10(9-11(12)14)13(15)19-7-4-8-20(2,16)17/h5-6,9H,3-4,7-8,14H2,1-2H3. The summed E-state index contributed by atoms with van der Waals surface area (Å²) < 4.78 is 32.1. The van der Waals surface area contributed by atoms with Crippen molar-refractivity contribution in [3.63, 3.8) is 0 Å². The number of hydrogen-bond donors (Lipinski definition) is 1. The molecule has 0 heterocycles. The van der Waals surface area contributed by atoms with Crippen LogP contribution in [0.15, 0.2) is 18.2 Å². The number of ether oxygens (including phenoxy) is 2. The van der Waals surface area contributed by atoms with Crippen molar-refractivity contribution in [2.24, 2.45) is 0 Å². The molecule has 0 saturated heterocycles. The zero-order valence-corrected chi connectivity index (χ0v) is 12.4. The summed E-state index contributed by atoms with van der Waals surface area (Å²) in [6, 6.07) is 4.63. The van der Waals surface area contributed by atoms with E-state index in [0.29, 0.717) is 23.6 Å². The predicted octanol–water partition coefficient (Wildman–Crippen LogP) is 1.26. The molecule has 0 fully saturated rings. The number of nitrogens with two attached hydrogens (primary N) is 1. The van der Waals surface area contributed by atoms with Crippen molar-refractivity contribution >= 4 is 21.5 Å². The molecule has 0 radical (unpaired) electrons. The van der Waals surface area contributed by atoms with Crippen molar-refractivity contribution in [1.82, 2.24) is 0 Å². The van der Waals surface area contributed by atoms with E-state index >= 15 is 0 Å². The number of anilines is 1. The van der Waals surface area contributed by atoms with Crippen LogP contribution in [-0.4, -0.2) is 39.6 Å². The molecule has 0 atom stereocenters. The van der Waals surface area contributed by atoms with Crippen molar-refractivity contribution in [3.05, 3.63) is 23.8 Å². The Balaban J connectivity index is 2.53. The second kappa shape index (κ2) is 7.14. The molecule has 112 valence electrons. The zero-order chi connectivity index (χ0) is 15.2. The van der Waals surface area contributed by atoms with Gasteiger partial charge in [-0.15, -0.1) is 0 Å². The van der Waals surface area contributed by atoms with E-state index < -0.39 is 15.8 Å². The first kappa shape index (κ1) is 16.3. The smallest absolute Gasteiger partial charge is 0.338 e. The van der Waals surface area contributed by atoms with Crippen LogP contribution in [0.1, 0.15) is 23.7 Å². The Morgan fingerprint density at radius 2 is 2.05 bits per heavy atom. The van der Waals surface area contributed by atoms with E-state index in [1.165, 1.54) is 6.07 Å². The van der Waals surface area contributed by atoms with Gasteiger partial charge < -0.3 is 15.2 Å². The van der Waals surface area contributed by atoms with E-state index in [-0.39, 0.29) is 18.8 Å². The molecule has 0 unspecified atom stereocenters. The maximum atomic E-state index is 11.7. The molecule has 0 bridgehead atoms. The Hall–Kier alpha value is -1.76. The molecule has 2 N–H and O–H groups in total. The molecule has 0 amide bonds. The lowest BCUT2D eigenvalue weighted by atomic mass is 10.2. The Morgan fingerprint density at radius 1 is 1.35 bits per heavy atom. The minimum Gasteiger partial charge on any atom is -0.492 e. The first-order chi connectivity index (χ1) is 9.33. The third kappa shape index (κ3) is 5.48. The monoisotopic (exact) mass is 301 g/mol. The number of hydrogen-bond acceptors (Lipinski definition) is 6. The lowest BCUT2D eigenvalue weighted by molar-refractivity contribution is 0.0505. The summed E-state index contributed by atoms with van der Waals surface area (Å²) in [6.07, 6.45) is 1.42. The molecular weight excluding hydrogens is 282 g/mol. The van der Waals surface area contributed by atoms with Gasteiger partial charge in [-0.05, 0) is 31.5 Å². The van der Waals surface area contributed by atoms with Crippen LogP contribution in [0.5, 0.6) is 5.75 Å². The normalized spacial score (nSPS) is 11.1. The maximum Gasteiger partial charge on any atom is 0.338 e. The first-order valence-corrected chi connectivity index (χ1v) is 8.26. The van der Waals surface area contributed by atoms with Gasteiger partial charge in [0.25, 0.3) is 0 Å². The average molecular weight is 301 g/mol.